The summed E-state index contributed by atoms with van der Waals surface area (Å²) in [5, 5.41) is 6.82. The van der Waals surface area contributed by atoms with E-state index in [1.54, 1.807) is 0 Å². The van der Waals surface area contributed by atoms with Crippen LogP contribution < -0.4 is 18.0 Å². The summed E-state index contributed by atoms with van der Waals surface area (Å²) in [4.78, 5) is 0. The molecule has 0 aromatic heterocycles. The lowest BCUT2D eigenvalue weighted by Crippen LogP contribution is -2.72. The normalized spacial score (nSPS) is 15.2. The van der Waals surface area contributed by atoms with Gasteiger partial charge < -0.3 is 8.85 Å². The average Bonchev–Trinajstić information content (AvgIpc) is 3.46. The monoisotopic (exact) mass is 776 g/mol. The Bertz CT molecular complexity index is 3140. The first-order valence-electron chi connectivity index (χ1n) is 20.2. The van der Waals surface area contributed by atoms with Crippen molar-refractivity contribution >= 4 is 64.0 Å². The van der Waals surface area contributed by atoms with Gasteiger partial charge in [-0.05, 0) is 106 Å². The number of benzene rings is 8. The highest BCUT2D eigenvalue weighted by molar-refractivity contribution is 6.80. The molecule has 9 aromatic carbocycles. The highest BCUT2D eigenvalue weighted by Gasteiger charge is 2.64. The zero-order chi connectivity index (χ0) is 39.5. The third-order valence-corrected chi connectivity index (χ3v) is 14.7. The highest BCUT2D eigenvalue weighted by Crippen LogP contribution is 2.56. The largest absolute Gasteiger partial charge is 0.733 e. The molecule has 2 heterocycles. The molecule has 0 bridgehead atoms. The van der Waals surface area contributed by atoms with E-state index in [0.717, 1.165) is 99.9 Å². The maximum atomic E-state index is 8.11. The number of nitrogens with zero attached hydrogens (tertiary/aromatic N) is 2. The summed E-state index contributed by atoms with van der Waals surface area (Å²) >= 11 is 0. The van der Waals surface area contributed by atoms with Crippen molar-refractivity contribution in [3.05, 3.63) is 217 Å². The van der Waals surface area contributed by atoms with Crippen LogP contribution in [0.1, 0.15) is 11.1 Å². The molecule has 4 nitrogen and oxygen atoms in total. The van der Waals surface area contributed by atoms with Crippen molar-refractivity contribution in [1.82, 2.24) is 0 Å². The van der Waals surface area contributed by atoms with Crippen LogP contribution >= 0.6 is 0 Å². The van der Waals surface area contributed by atoms with Crippen molar-refractivity contribution in [3.63, 3.8) is 0 Å². The van der Waals surface area contributed by atoms with E-state index >= 15 is 0 Å². The van der Waals surface area contributed by atoms with Crippen molar-refractivity contribution in [2.45, 2.75) is 13.8 Å². The minimum atomic E-state index is -4.17. The van der Waals surface area contributed by atoms with Crippen LogP contribution in [0.15, 0.2) is 206 Å². The van der Waals surface area contributed by atoms with Crippen LogP contribution in [0, 0.1) is 13.8 Å². The maximum Gasteiger partial charge on any atom is 0.733 e. The van der Waals surface area contributed by atoms with Gasteiger partial charge in [0.05, 0.1) is 0 Å². The molecular weight excluding hydrogens is 737 g/mol. The van der Waals surface area contributed by atoms with Crippen molar-refractivity contribution in [2.24, 2.45) is 0 Å². The predicted octanol–water partition coefficient (Wildman–Crippen LogP) is 14.4. The Hall–Kier alpha value is -7.34. The number of anilines is 4. The number of fused-ring (bicyclic) bond motifs is 12. The quantitative estimate of drug-likeness (QED) is 0.163. The van der Waals surface area contributed by atoms with E-state index in [2.05, 4.69) is 229 Å². The number of hydrogen-bond acceptors (Lipinski definition) is 4. The number of rotatable bonds is 2. The van der Waals surface area contributed by atoms with Gasteiger partial charge in [-0.25, -0.2) is 0 Å². The fourth-order valence-corrected chi connectivity index (χ4v) is 12.5. The van der Waals surface area contributed by atoms with Gasteiger partial charge in [-0.1, -0.05) is 158 Å². The second-order valence-electron chi connectivity index (χ2n) is 15.4. The standard InChI is InChI=1S/C54H40N2O2Si/c1-37-17-15-22-42(35-37)55-48-28-8-6-4-3-5-7-27-47(48)52-44-24-12-9-20-40(44)30-33-50(52)57-59(55)56(43-23-16-18-38(2)36-43)49-32-29-39-19-10-13-25-45(39)53(49)54-46-26-14-11-21-41(46)31-34-51(54)58-59/h3-36H,1-2H3. The molecular formula is C54H40N2O2Si. The molecule has 1 unspecified atom stereocenters. The molecule has 59 heavy (non-hydrogen) atoms. The molecule has 0 fully saturated rings. The molecule has 1 spiro atoms. The van der Waals surface area contributed by atoms with E-state index in [4.69, 9.17) is 8.85 Å². The van der Waals surface area contributed by atoms with Crippen molar-refractivity contribution in [2.75, 3.05) is 9.13 Å². The Morgan fingerprint density at radius 2 is 0.814 bits per heavy atom. The summed E-state index contributed by atoms with van der Waals surface area (Å²) in [7, 11) is -4.17. The van der Waals surface area contributed by atoms with Crippen LogP contribution in [0.25, 0.3) is 54.6 Å². The average molecular weight is 777 g/mol. The van der Waals surface area contributed by atoms with Crippen molar-refractivity contribution < 1.29 is 8.85 Å². The Morgan fingerprint density at radius 3 is 1.41 bits per heavy atom. The first-order chi connectivity index (χ1) is 29.1. The molecule has 0 aliphatic carbocycles. The summed E-state index contributed by atoms with van der Waals surface area (Å²) in [6.45, 7) is 4.31. The number of hydrogen-bond donors (Lipinski definition) is 0. The van der Waals surface area contributed by atoms with Gasteiger partial charge in [0.2, 0.25) is 0 Å². The Kier molecular flexibility index (Phi) is 8.24. The molecule has 0 radical (unpaired) electrons. The molecule has 11 rings (SSSR count). The SMILES string of the molecule is Cc1cccc(N2c3ccccccccc3-c3c(ccc4ccccc34)O[Si]23Oc2ccc4ccccc4c2-c2c(ccc4ccccc24)N3c2cccc(C)c2)c1. The van der Waals surface area contributed by atoms with Crippen LogP contribution in [-0.2, 0) is 0 Å². The Labute approximate surface area is 345 Å². The van der Waals surface area contributed by atoms with Crippen molar-refractivity contribution in [1.29, 1.82) is 0 Å². The molecule has 282 valence electrons. The van der Waals surface area contributed by atoms with E-state index in [1.807, 2.05) is 0 Å². The fourth-order valence-electron chi connectivity index (χ4n) is 9.09. The lowest BCUT2D eigenvalue weighted by atomic mass is 9.91. The van der Waals surface area contributed by atoms with E-state index in [1.165, 1.54) is 0 Å². The summed E-state index contributed by atoms with van der Waals surface area (Å²) < 4.78 is 21.0. The minimum absolute atomic E-state index is 0.761. The smallest absolute Gasteiger partial charge is 0.480 e. The van der Waals surface area contributed by atoms with Gasteiger partial charge in [0.1, 0.15) is 11.5 Å². The molecule has 2 aliphatic heterocycles. The van der Waals surface area contributed by atoms with Gasteiger partial charge in [-0.3, -0.25) is 9.13 Å². The zero-order valence-electron chi connectivity index (χ0n) is 32.8. The molecule has 9 aromatic rings. The van der Waals surface area contributed by atoms with Crippen LogP contribution in [0.5, 0.6) is 11.5 Å². The highest BCUT2D eigenvalue weighted by atomic mass is 28.4. The molecule has 0 saturated heterocycles. The lowest BCUT2D eigenvalue weighted by molar-refractivity contribution is 0.385. The minimum Gasteiger partial charge on any atom is -0.480 e. The summed E-state index contributed by atoms with van der Waals surface area (Å²) in [5.74, 6) is 1.53. The third-order valence-electron chi connectivity index (χ3n) is 11.6. The summed E-state index contributed by atoms with van der Waals surface area (Å²) in [6, 6.07) is 73.7. The molecule has 0 N–H and O–H groups in total. The molecule has 5 heteroatoms. The van der Waals surface area contributed by atoms with E-state index in [-0.39, 0.29) is 0 Å². The predicted molar refractivity (Wildman–Crippen MR) is 248 cm³/mol. The van der Waals surface area contributed by atoms with Crippen LogP contribution in [0.3, 0.4) is 0 Å². The van der Waals surface area contributed by atoms with Gasteiger partial charge in [0, 0.05) is 45.0 Å². The first-order valence-corrected chi connectivity index (χ1v) is 21.9. The molecule has 0 saturated carbocycles. The third kappa shape index (κ3) is 5.65. The summed E-state index contributed by atoms with van der Waals surface area (Å²) in [6.07, 6.45) is 0. The first kappa shape index (κ1) is 34.9. The van der Waals surface area contributed by atoms with Crippen LogP contribution in [-0.4, -0.2) is 8.88 Å². The second kappa shape index (κ2) is 13.9. The number of aryl methyl sites for hydroxylation is 2. The van der Waals surface area contributed by atoms with Crippen molar-refractivity contribution in [3.8, 4) is 33.8 Å². The molecule has 0 amide bonds. The topological polar surface area (TPSA) is 24.9 Å². The Morgan fingerprint density at radius 1 is 0.356 bits per heavy atom. The van der Waals surface area contributed by atoms with Crippen LogP contribution in [0.4, 0.5) is 22.7 Å². The van der Waals surface area contributed by atoms with Gasteiger partial charge in [-0.2, -0.15) is 0 Å². The van der Waals surface area contributed by atoms with Gasteiger partial charge in [0.25, 0.3) is 0 Å². The maximum absolute atomic E-state index is 8.11. The van der Waals surface area contributed by atoms with Gasteiger partial charge in [-0.15, -0.1) is 0 Å². The second-order valence-corrected chi connectivity index (χ2v) is 17.8. The lowest BCUT2D eigenvalue weighted by Gasteiger charge is -2.45. The van der Waals surface area contributed by atoms with E-state index in [9.17, 15) is 0 Å². The molecule has 1 atom stereocenters. The van der Waals surface area contributed by atoms with Crippen LogP contribution in [0.2, 0.25) is 0 Å². The van der Waals surface area contributed by atoms with Gasteiger partial charge in [0.15, 0.2) is 0 Å². The van der Waals surface area contributed by atoms with E-state index in [0.29, 0.717) is 0 Å². The molecule has 2 aliphatic rings. The zero-order valence-corrected chi connectivity index (χ0v) is 33.8. The summed E-state index contributed by atoms with van der Waals surface area (Å²) in [5.41, 5.74) is 10.4. The van der Waals surface area contributed by atoms with E-state index < -0.39 is 8.88 Å². The Balaban J connectivity index is 1.39. The van der Waals surface area contributed by atoms with Gasteiger partial charge >= 0.3 is 8.88 Å². The fraction of sp³-hybridized carbons (Fsp3) is 0.0370.